The van der Waals surface area contributed by atoms with Crippen LogP contribution < -0.4 is 0 Å². The molecule has 0 radical (unpaired) electrons. The van der Waals surface area contributed by atoms with Crippen molar-refractivity contribution in [3.63, 3.8) is 0 Å². The van der Waals surface area contributed by atoms with Gasteiger partial charge in [0, 0.05) is 12.0 Å². The van der Waals surface area contributed by atoms with Crippen molar-refractivity contribution in [2.75, 3.05) is 0 Å². The van der Waals surface area contributed by atoms with Crippen molar-refractivity contribution in [3.05, 3.63) is 35.4 Å². The molecule has 2 N–H and O–H groups in total. The molecule has 0 heterocycles. The van der Waals surface area contributed by atoms with Gasteiger partial charge in [-0.15, -0.1) is 0 Å². The van der Waals surface area contributed by atoms with Crippen LogP contribution in [0.3, 0.4) is 0 Å². The highest BCUT2D eigenvalue weighted by Crippen LogP contribution is 2.43. The van der Waals surface area contributed by atoms with Gasteiger partial charge in [-0.2, -0.15) is 0 Å². The van der Waals surface area contributed by atoms with Crippen LogP contribution in [-0.2, 0) is 4.57 Å². The summed E-state index contributed by atoms with van der Waals surface area (Å²) in [5.41, 5.74) is 1.08. The van der Waals surface area contributed by atoms with Gasteiger partial charge in [-0.25, -0.2) is 0 Å². The van der Waals surface area contributed by atoms with Crippen LogP contribution >= 0.6 is 7.60 Å². The van der Waals surface area contributed by atoms with Crippen molar-refractivity contribution in [2.45, 2.75) is 38.8 Å². The van der Waals surface area contributed by atoms with E-state index in [0.29, 0.717) is 24.8 Å². The summed E-state index contributed by atoms with van der Waals surface area (Å²) in [7, 11) is -4.01. The number of rotatable bonds is 6. The van der Waals surface area contributed by atoms with Crippen LogP contribution in [0, 0.1) is 6.92 Å². The van der Waals surface area contributed by atoms with E-state index in [0.717, 1.165) is 5.56 Å². The summed E-state index contributed by atoms with van der Waals surface area (Å²) in [5, 5.41) is 0. The molecule has 4 nitrogen and oxygen atoms in total. The molecular weight excluding hydrogens is 251 g/mol. The largest absolute Gasteiger partial charge is 0.328 e. The number of Topliss-reactive ketones (excluding diaryl/α,β-unsaturated/α-hetero) is 1. The fourth-order valence-electron chi connectivity index (χ4n) is 1.61. The van der Waals surface area contributed by atoms with Crippen LogP contribution in [0.5, 0.6) is 0 Å². The molecule has 1 rings (SSSR count). The van der Waals surface area contributed by atoms with Crippen molar-refractivity contribution in [1.82, 2.24) is 0 Å². The summed E-state index contributed by atoms with van der Waals surface area (Å²) in [5.74, 6) is 0.0212. The number of hydrogen-bond donors (Lipinski definition) is 2. The first-order valence-corrected chi connectivity index (χ1v) is 7.64. The Morgan fingerprint density at radius 1 is 1.28 bits per heavy atom. The van der Waals surface area contributed by atoms with Gasteiger partial charge in [0.25, 0.3) is 0 Å². The van der Waals surface area contributed by atoms with E-state index in [1.54, 1.807) is 12.1 Å². The minimum absolute atomic E-state index is 0.0212. The molecule has 1 aromatic rings. The summed E-state index contributed by atoms with van der Waals surface area (Å²) in [6.07, 6.45) is 1.19. The Kier molecular flexibility index (Phi) is 5.27. The van der Waals surface area contributed by atoms with E-state index in [1.165, 1.54) is 6.92 Å². The van der Waals surface area contributed by atoms with Crippen LogP contribution in [-0.4, -0.2) is 21.2 Å². The number of ketones is 1. The van der Waals surface area contributed by atoms with Gasteiger partial charge in [-0.05, 0) is 19.8 Å². The molecule has 0 saturated heterocycles. The van der Waals surface area contributed by atoms with Crippen LogP contribution in [0.15, 0.2) is 24.3 Å². The van der Waals surface area contributed by atoms with E-state index in [1.807, 2.05) is 19.1 Å². The second kappa shape index (κ2) is 6.28. The number of carbonyl (C=O) groups is 1. The molecule has 0 fully saturated rings. The molecule has 0 bridgehead atoms. The quantitative estimate of drug-likeness (QED) is 0.615. The number of benzene rings is 1. The lowest BCUT2D eigenvalue weighted by Gasteiger charge is -2.12. The molecule has 1 aromatic carbocycles. The maximum atomic E-state index is 11.8. The SMILES string of the molecule is Cc1ccc(C(=O)CCCC(C)P(=O)(O)O)cc1. The van der Waals surface area contributed by atoms with Gasteiger partial charge in [0.05, 0.1) is 5.66 Å². The average Bonchev–Trinajstić information content (AvgIpc) is 2.28. The number of hydrogen-bond acceptors (Lipinski definition) is 2. The highest BCUT2D eigenvalue weighted by Gasteiger charge is 2.23. The third-order valence-corrected chi connectivity index (χ3v) is 4.38. The molecule has 1 unspecified atom stereocenters. The smallest absolute Gasteiger partial charge is 0.324 e. The fourth-order valence-corrected chi connectivity index (χ4v) is 2.13. The molecule has 0 saturated carbocycles. The van der Waals surface area contributed by atoms with Gasteiger partial charge in [0.2, 0.25) is 0 Å². The molecule has 100 valence electrons. The zero-order valence-corrected chi connectivity index (χ0v) is 11.6. The highest BCUT2D eigenvalue weighted by molar-refractivity contribution is 7.52. The van der Waals surface area contributed by atoms with E-state index < -0.39 is 13.3 Å². The Labute approximate surface area is 107 Å². The summed E-state index contributed by atoms with van der Waals surface area (Å²) in [6.45, 7) is 3.47. The third kappa shape index (κ3) is 4.73. The van der Waals surface area contributed by atoms with E-state index in [4.69, 9.17) is 9.79 Å². The van der Waals surface area contributed by atoms with Crippen LogP contribution in [0.4, 0.5) is 0 Å². The minimum Gasteiger partial charge on any atom is -0.324 e. The molecule has 0 spiro atoms. The zero-order chi connectivity index (χ0) is 13.8. The van der Waals surface area contributed by atoms with E-state index >= 15 is 0 Å². The predicted octanol–water partition coefficient (Wildman–Crippen LogP) is 2.91. The molecule has 18 heavy (non-hydrogen) atoms. The minimum atomic E-state index is -4.01. The Bertz CT molecular complexity index is 447. The van der Waals surface area contributed by atoms with Crippen LogP contribution in [0.25, 0.3) is 0 Å². The van der Waals surface area contributed by atoms with Crippen LogP contribution in [0.1, 0.15) is 42.1 Å². The predicted molar refractivity (Wildman–Crippen MR) is 70.9 cm³/mol. The monoisotopic (exact) mass is 270 g/mol. The van der Waals surface area contributed by atoms with Gasteiger partial charge >= 0.3 is 7.60 Å². The Hall–Kier alpha value is -0.960. The molecule has 5 heteroatoms. The molecular formula is C13H19O4P. The topological polar surface area (TPSA) is 74.6 Å². The van der Waals surface area contributed by atoms with Gasteiger partial charge in [0.15, 0.2) is 5.78 Å². The molecule has 0 aliphatic carbocycles. The van der Waals surface area contributed by atoms with E-state index in [2.05, 4.69) is 0 Å². The molecule has 0 aromatic heterocycles. The van der Waals surface area contributed by atoms with Crippen LogP contribution in [0.2, 0.25) is 0 Å². The molecule has 0 aliphatic heterocycles. The first-order valence-electron chi connectivity index (χ1n) is 5.96. The normalized spacial score (nSPS) is 13.3. The summed E-state index contributed by atoms with van der Waals surface area (Å²) in [6, 6.07) is 7.32. The lowest BCUT2D eigenvalue weighted by molar-refractivity contribution is 0.0979. The van der Waals surface area contributed by atoms with Crippen molar-refractivity contribution >= 4 is 13.4 Å². The first kappa shape index (κ1) is 15.1. The molecule has 1 atom stereocenters. The van der Waals surface area contributed by atoms with E-state index in [-0.39, 0.29) is 5.78 Å². The van der Waals surface area contributed by atoms with Crippen molar-refractivity contribution in [2.24, 2.45) is 0 Å². The van der Waals surface area contributed by atoms with E-state index in [9.17, 15) is 9.36 Å². The van der Waals surface area contributed by atoms with Gasteiger partial charge in [0.1, 0.15) is 0 Å². The Morgan fingerprint density at radius 2 is 1.83 bits per heavy atom. The fraction of sp³-hybridized carbons (Fsp3) is 0.462. The average molecular weight is 270 g/mol. The van der Waals surface area contributed by atoms with Crippen molar-refractivity contribution in [3.8, 4) is 0 Å². The maximum Gasteiger partial charge on any atom is 0.328 e. The zero-order valence-electron chi connectivity index (χ0n) is 10.7. The Morgan fingerprint density at radius 3 is 2.33 bits per heavy atom. The second-order valence-corrected chi connectivity index (χ2v) is 6.68. The lowest BCUT2D eigenvalue weighted by Crippen LogP contribution is -2.05. The standard InChI is InChI=1S/C13H19O4P/c1-10-6-8-12(9-7-10)13(14)5-3-4-11(2)18(15,16)17/h6-9,11H,3-5H2,1-2H3,(H2,15,16,17). The summed E-state index contributed by atoms with van der Waals surface area (Å²) in [4.78, 5) is 29.6. The first-order chi connectivity index (χ1) is 8.30. The summed E-state index contributed by atoms with van der Waals surface area (Å²) < 4.78 is 10.9. The van der Waals surface area contributed by atoms with Crippen molar-refractivity contribution < 1.29 is 19.1 Å². The van der Waals surface area contributed by atoms with Gasteiger partial charge in [-0.3, -0.25) is 9.36 Å². The molecule has 0 amide bonds. The number of aryl methyl sites for hydroxylation is 1. The Balaban J connectivity index is 2.43. The lowest BCUT2D eigenvalue weighted by atomic mass is 10.0. The second-order valence-electron chi connectivity index (χ2n) is 4.62. The third-order valence-electron chi connectivity index (χ3n) is 2.97. The molecule has 0 aliphatic rings. The van der Waals surface area contributed by atoms with Gasteiger partial charge in [-0.1, -0.05) is 36.8 Å². The maximum absolute atomic E-state index is 11.8. The summed E-state index contributed by atoms with van der Waals surface area (Å²) >= 11 is 0. The number of carbonyl (C=O) groups excluding carboxylic acids is 1. The highest BCUT2D eigenvalue weighted by atomic mass is 31.2. The van der Waals surface area contributed by atoms with Crippen molar-refractivity contribution in [1.29, 1.82) is 0 Å². The van der Waals surface area contributed by atoms with Gasteiger partial charge < -0.3 is 9.79 Å².